The van der Waals surface area contributed by atoms with Crippen molar-refractivity contribution in [1.82, 2.24) is 5.32 Å². The van der Waals surface area contributed by atoms with Crippen molar-refractivity contribution in [1.29, 1.82) is 0 Å². The molecular formula is C12H13NO2S. The first-order valence-corrected chi connectivity index (χ1v) is 5.99. The van der Waals surface area contributed by atoms with E-state index in [1.165, 1.54) is 0 Å². The van der Waals surface area contributed by atoms with Crippen LogP contribution in [0.5, 0.6) is 0 Å². The molecule has 0 saturated carbocycles. The van der Waals surface area contributed by atoms with E-state index >= 15 is 0 Å². The van der Waals surface area contributed by atoms with Crippen molar-refractivity contribution in [2.45, 2.75) is 19.4 Å². The molecule has 2 aromatic heterocycles. The van der Waals surface area contributed by atoms with E-state index in [9.17, 15) is 4.79 Å². The summed E-state index contributed by atoms with van der Waals surface area (Å²) >= 11 is 1.59. The first kappa shape index (κ1) is 11.0. The summed E-state index contributed by atoms with van der Waals surface area (Å²) in [7, 11) is 0. The van der Waals surface area contributed by atoms with E-state index in [0.29, 0.717) is 6.42 Å². The number of rotatable bonds is 4. The van der Waals surface area contributed by atoms with E-state index in [2.05, 4.69) is 5.32 Å². The molecule has 0 radical (unpaired) electrons. The third-order valence-electron chi connectivity index (χ3n) is 2.26. The molecule has 1 atom stereocenters. The fourth-order valence-corrected chi connectivity index (χ4v) is 2.18. The van der Waals surface area contributed by atoms with Gasteiger partial charge in [-0.15, -0.1) is 11.3 Å². The summed E-state index contributed by atoms with van der Waals surface area (Å²) in [6.45, 7) is 1.91. The van der Waals surface area contributed by atoms with Gasteiger partial charge in [-0.25, -0.2) is 0 Å². The molecule has 2 heterocycles. The van der Waals surface area contributed by atoms with E-state index in [4.69, 9.17) is 4.42 Å². The topological polar surface area (TPSA) is 42.2 Å². The SMILES string of the molecule is C[C@H](NC(=O)Cc1cccs1)c1ccco1. The van der Waals surface area contributed by atoms with Crippen LogP contribution in [0.15, 0.2) is 40.3 Å². The lowest BCUT2D eigenvalue weighted by Crippen LogP contribution is -2.27. The van der Waals surface area contributed by atoms with Crippen LogP contribution in [0.3, 0.4) is 0 Å². The highest BCUT2D eigenvalue weighted by Gasteiger charge is 2.12. The maximum atomic E-state index is 11.7. The molecule has 0 unspecified atom stereocenters. The fourth-order valence-electron chi connectivity index (χ4n) is 1.47. The first-order valence-electron chi connectivity index (χ1n) is 5.11. The number of hydrogen-bond acceptors (Lipinski definition) is 3. The van der Waals surface area contributed by atoms with E-state index in [1.807, 2.05) is 36.6 Å². The van der Waals surface area contributed by atoms with Gasteiger partial charge in [0.25, 0.3) is 0 Å². The summed E-state index contributed by atoms with van der Waals surface area (Å²) in [6.07, 6.45) is 2.04. The molecule has 0 saturated heterocycles. The summed E-state index contributed by atoms with van der Waals surface area (Å²) in [6, 6.07) is 7.50. The van der Waals surface area contributed by atoms with Gasteiger partial charge in [-0.3, -0.25) is 4.79 Å². The highest BCUT2D eigenvalue weighted by Crippen LogP contribution is 2.13. The predicted molar refractivity (Wildman–Crippen MR) is 63.3 cm³/mol. The van der Waals surface area contributed by atoms with Crippen LogP contribution in [0.4, 0.5) is 0 Å². The van der Waals surface area contributed by atoms with Crippen molar-refractivity contribution < 1.29 is 9.21 Å². The summed E-state index contributed by atoms with van der Waals surface area (Å²) in [4.78, 5) is 12.7. The zero-order valence-electron chi connectivity index (χ0n) is 8.97. The number of nitrogens with one attached hydrogen (secondary N) is 1. The Bertz CT molecular complexity index is 434. The average molecular weight is 235 g/mol. The molecule has 0 aliphatic heterocycles. The van der Waals surface area contributed by atoms with Gasteiger partial charge in [0, 0.05) is 4.88 Å². The molecule has 2 aromatic rings. The van der Waals surface area contributed by atoms with Crippen molar-refractivity contribution in [3.8, 4) is 0 Å². The molecule has 2 rings (SSSR count). The third kappa shape index (κ3) is 2.73. The van der Waals surface area contributed by atoms with Crippen LogP contribution >= 0.6 is 11.3 Å². The van der Waals surface area contributed by atoms with Gasteiger partial charge in [-0.05, 0) is 30.5 Å². The molecule has 0 aliphatic carbocycles. The number of carbonyl (C=O) groups excluding carboxylic acids is 1. The Balaban J connectivity index is 1.88. The average Bonchev–Trinajstić information content (AvgIpc) is 2.88. The molecular weight excluding hydrogens is 222 g/mol. The van der Waals surface area contributed by atoms with Crippen molar-refractivity contribution in [3.63, 3.8) is 0 Å². The molecule has 0 spiro atoms. The molecule has 3 nitrogen and oxygen atoms in total. The quantitative estimate of drug-likeness (QED) is 0.885. The molecule has 0 aromatic carbocycles. The zero-order valence-corrected chi connectivity index (χ0v) is 9.79. The summed E-state index contributed by atoms with van der Waals surface area (Å²) in [5.41, 5.74) is 0. The lowest BCUT2D eigenvalue weighted by molar-refractivity contribution is -0.121. The third-order valence-corrected chi connectivity index (χ3v) is 3.14. The van der Waals surface area contributed by atoms with E-state index < -0.39 is 0 Å². The van der Waals surface area contributed by atoms with E-state index in [0.717, 1.165) is 10.6 Å². The van der Waals surface area contributed by atoms with Gasteiger partial charge in [0.1, 0.15) is 5.76 Å². The lowest BCUT2D eigenvalue weighted by Gasteiger charge is -2.10. The smallest absolute Gasteiger partial charge is 0.225 e. The van der Waals surface area contributed by atoms with Gasteiger partial charge in [-0.2, -0.15) is 0 Å². The summed E-state index contributed by atoms with van der Waals surface area (Å²) in [5.74, 6) is 0.797. The van der Waals surface area contributed by atoms with Crippen LogP contribution in [0.25, 0.3) is 0 Å². The fraction of sp³-hybridized carbons (Fsp3) is 0.250. The Labute approximate surface area is 98.1 Å². The van der Waals surface area contributed by atoms with Crippen molar-refractivity contribution in [2.24, 2.45) is 0 Å². The number of hydrogen-bond donors (Lipinski definition) is 1. The van der Waals surface area contributed by atoms with Gasteiger partial charge >= 0.3 is 0 Å². The van der Waals surface area contributed by atoms with Gasteiger partial charge in [-0.1, -0.05) is 6.07 Å². The van der Waals surface area contributed by atoms with Crippen LogP contribution in [0.2, 0.25) is 0 Å². The van der Waals surface area contributed by atoms with Gasteiger partial charge in [0.05, 0.1) is 18.7 Å². The van der Waals surface area contributed by atoms with Crippen LogP contribution in [-0.2, 0) is 11.2 Å². The standard InChI is InChI=1S/C12H13NO2S/c1-9(11-5-2-6-15-11)13-12(14)8-10-4-3-7-16-10/h2-7,9H,8H2,1H3,(H,13,14)/t9-/m0/s1. The first-order chi connectivity index (χ1) is 7.75. The van der Waals surface area contributed by atoms with Crippen molar-refractivity contribution in [3.05, 3.63) is 46.5 Å². The Kier molecular flexibility index (Phi) is 3.41. The van der Waals surface area contributed by atoms with Gasteiger partial charge in [0.2, 0.25) is 5.91 Å². The van der Waals surface area contributed by atoms with Crippen LogP contribution in [-0.4, -0.2) is 5.91 Å². The maximum absolute atomic E-state index is 11.7. The van der Waals surface area contributed by atoms with E-state index in [1.54, 1.807) is 17.6 Å². The molecule has 0 fully saturated rings. The Morgan fingerprint density at radius 2 is 2.38 bits per heavy atom. The summed E-state index contributed by atoms with van der Waals surface area (Å²) in [5, 5.41) is 4.87. The number of furan rings is 1. The predicted octanol–water partition coefficient (Wildman–Crippen LogP) is 2.76. The minimum Gasteiger partial charge on any atom is -0.467 e. The minimum atomic E-state index is -0.0811. The zero-order chi connectivity index (χ0) is 11.4. The molecule has 1 N–H and O–H groups in total. The Hall–Kier alpha value is -1.55. The molecule has 0 aliphatic rings. The monoisotopic (exact) mass is 235 g/mol. The molecule has 1 amide bonds. The lowest BCUT2D eigenvalue weighted by atomic mass is 10.2. The second-order valence-corrected chi connectivity index (χ2v) is 4.59. The number of carbonyl (C=O) groups is 1. The van der Waals surface area contributed by atoms with E-state index in [-0.39, 0.29) is 11.9 Å². The summed E-state index contributed by atoms with van der Waals surface area (Å²) < 4.78 is 5.22. The maximum Gasteiger partial charge on any atom is 0.225 e. The second-order valence-electron chi connectivity index (χ2n) is 3.56. The molecule has 0 bridgehead atoms. The van der Waals surface area contributed by atoms with Gasteiger partial charge in [0.15, 0.2) is 0 Å². The van der Waals surface area contributed by atoms with Crippen molar-refractivity contribution >= 4 is 17.2 Å². The highest BCUT2D eigenvalue weighted by atomic mass is 32.1. The van der Waals surface area contributed by atoms with Crippen LogP contribution in [0, 0.1) is 0 Å². The van der Waals surface area contributed by atoms with Crippen LogP contribution < -0.4 is 5.32 Å². The van der Waals surface area contributed by atoms with Gasteiger partial charge < -0.3 is 9.73 Å². The largest absolute Gasteiger partial charge is 0.467 e. The Morgan fingerprint density at radius 3 is 3.00 bits per heavy atom. The molecule has 84 valence electrons. The highest BCUT2D eigenvalue weighted by molar-refractivity contribution is 7.10. The van der Waals surface area contributed by atoms with Crippen molar-refractivity contribution in [2.75, 3.05) is 0 Å². The molecule has 4 heteroatoms. The number of amides is 1. The second kappa shape index (κ2) is 4.99. The number of thiophene rings is 1. The molecule has 16 heavy (non-hydrogen) atoms. The van der Waals surface area contributed by atoms with Crippen LogP contribution in [0.1, 0.15) is 23.6 Å². The normalized spacial score (nSPS) is 12.3. The minimum absolute atomic E-state index is 0.0198. The Morgan fingerprint density at radius 1 is 1.50 bits per heavy atom.